The molecule has 8 nitrogen and oxygen atoms in total. The second-order valence-corrected chi connectivity index (χ2v) is 7.63. The molecule has 3 aromatic rings. The van der Waals surface area contributed by atoms with Crippen molar-refractivity contribution in [2.24, 2.45) is 0 Å². The molecular formula is C19H22N6O2. The number of rotatable bonds is 3. The SMILES string of the molecule is Cc1noc(C)c1C(=O)N1CCC(c2nnc3ccc(C4CC4)nn23)CC1. The van der Waals surface area contributed by atoms with Gasteiger partial charge in [0.1, 0.15) is 11.3 Å². The van der Waals surface area contributed by atoms with Crippen molar-refractivity contribution in [2.75, 3.05) is 13.1 Å². The lowest BCUT2D eigenvalue weighted by molar-refractivity contribution is 0.0708. The van der Waals surface area contributed by atoms with Crippen LogP contribution in [0.2, 0.25) is 0 Å². The molecule has 0 radical (unpaired) electrons. The Kier molecular flexibility index (Phi) is 3.73. The van der Waals surface area contributed by atoms with Crippen molar-refractivity contribution in [3.63, 3.8) is 0 Å². The normalized spacial score (nSPS) is 18.4. The highest BCUT2D eigenvalue weighted by molar-refractivity contribution is 5.96. The Morgan fingerprint density at radius 1 is 1.07 bits per heavy atom. The average molecular weight is 366 g/mol. The minimum atomic E-state index is 0.00458. The van der Waals surface area contributed by atoms with E-state index in [9.17, 15) is 4.79 Å². The molecule has 1 saturated carbocycles. The zero-order valence-electron chi connectivity index (χ0n) is 15.6. The standard InChI is InChI=1S/C19H22N6O2/c1-11-17(12(2)27-23-11)19(26)24-9-7-14(8-10-24)18-21-20-16-6-5-15(13-3-4-13)22-25(16)18/h5-6,13-14H,3-4,7-10H2,1-2H3. The number of carbonyl (C=O) groups is 1. The third kappa shape index (κ3) is 2.79. The van der Waals surface area contributed by atoms with Gasteiger partial charge >= 0.3 is 0 Å². The molecule has 3 aromatic heterocycles. The van der Waals surface area contributed by atoms with Crippen molar-refractivity contribution in [2.45, 2.75) is 51.4 Å². The maximum Gasteiger partial charge on any atom is 0.259 e. The van der Waals surface area contributed by atoms with Crippen LogP contribution in [0.3, 0.4) is 0 Å². The largest absolute Gasteiger partial charge is 0.361 e. The smallest absolute Gasteiger partial charge is 0.259 e. The summed E-state index contributed by atoms with van der Waals surface area (Å²) in [6.07, 6.45) is 4.15. The van der Waals surface area contributed by atoms with Gasteiger partial charge in [0.05, 0.1) is 11.4 Å². The van der Waals surface area contributed by atoms with Gasteiger partial charge in [-0.2, -0.15) is 9.61 Å². The van der Waals surface area contributed by atoms with Crippen LogP contribution in [0.25, 0.3) is 5.65 Å². The minimum Gasteiger partial charge on any atom is -0.361 e. The van der Waals surface area contributed by atoms with E-state index in [0.717, 1.165) is 30.0 Å². The van der Waals surface area contributed by atoms with E-state index in [1.807, 2.05) is 22.4 Å². The quantitative estimate of drug-likeness (QED) is 0.708. The average Bonchev–Trinajstić information content (AvgIpc) is 3.37. The second kappa shape index (κ2) is 6.14. The Morgan fingerprint density at radius 2 is 1.85 bits per heavy atom. The third-order valence-corrected chi connectivity index (χ3v) is 5.70. The van der Waals surface area contributed by atoms with Crippen LogP contribution in [-0.4, -0.2) is 48.9 Å². The van der Waals surface area contributed by atoms with Crippen LogP contribution < -0.4 is 0 Å². The molecule has 0 bridgehead atoms. The molecule has 0 atom stereocenters. The molecule has 1 aliphatic carbocycles. The highest BCUT2D eigenvalue weighted by Crippen LogP contribution is 2.39. The molecule has 0 spiro atoms. The maximum absolute atomic E-state index is 12.8. The highest BCUT2D eigenvalue weighted by Gasteiger charge is 2.31. The van der Waals surface area contributed by atoms with Crippen LogP contribution in [0.15, 0.2) is 16.7 Å². The van der Waals surface area contributed by atoms with E-state index in [1.54, 1.807) is 6.92 Å². The Hall–Kier alpha value is -2.77. The van der Waals surface area contributed by atoms with Gasteiger partial charge in [-0.3, -0.25) is 4.79 Å². The fourth-order valence-corrected chi connectivity index (χ4v) is 3.96. The fraction of sp³-hybridized carbons (Fsp3) is 0.526. The Morgan fingerprint density at radius 3 is 2.52 bits per heavy atom. The lowest BCUT2D eigenvalue weighted by Crippen LogP contribution is -2.38. The highest BCUT2D eigenvalue weighted by atomic mass is 16.5. The lowest BCUT2D eigenvalue weighted by Gasteiger charge is -2.31. The first kappa shape index (κ1) is 16.4. The predicted molar refractivity (Wildman–Crippen MR) is 96.6 cm³/mol. The lowest BCUT2D eigenvalue weighted by atomic mass is 9.95. The molecule has 0 unspecified atom stereocenters. The molecule has 2 aliphatic rings. The fourth-order valence-electron chi connectivity index (χ4n) is 3.96. The summed E-state index contributed by atoms with van der Waals surface area (Å²) in [5.41, 5.74) is 3.18. The molecule has 4 heterocycles. The number of likely N-dealkylation sites (tertiary alicyclic amines) is 1. The molecule has 1 amide bonds. The van der Waals surface area contributed by atoms with Crippen molar-refractivity contribution in [1.29, 1.82) is 0 Å². The zero-order valence-corrected chi connectivity index (χ0v) is 15.6. The third-order valence-electron chi connectivity index (χ3n) is 5.70. The number of hydrogen-bond donors (Lipinski definition) is 0. The molecule has 0 N–H and O–H groups in total. The molecular weight excluding hydrogens is 344 g/mol. The van der Waals surface area contributed by atoms with Gasteiger partial charge in [-0.15, -0.1) is 10.2 Å². The maximum atomic E-state index is 12.8. The minimum absolute atomic E-state index is 0.00458. The van der Waals surface area contributed by atoms with Gasteiger partial charge in [0, 0.05) is 24.9 Å². The Balaban J connectivity index is 1.34. The first-order chi connectivity index (χ1) is 13.1. The van der Waals surface area contributed by atoms with E-state index in [2.05, 4.69) is 21.4 Å². The van der Waals surface area contributed by atoms with Gasteiger partial charge in [-0.05, 0) is 51.7 Å². The molecule has 27 heavy (non-hydrogen) atoms. The number of amides is 1. The molecule has 2 fully saturated rings. The van der Waals surface area contributed by atoms with Crippen molar-refractivity contribution in [3.05, 3.63) is 40.7 Å². The van der Waals surface area contributed by atoms with E-state index in [4.69, 9.17) is 9.62 Å². The van der Waals surface area contributed by atoms with Gasteiger partial charge in [0.15, 0.2) is 11.5 Å². The summed E-state index contributed by atoms with van der Waals surface area (Å²) in [5, 5.41) is 17.4. The van der Waals surface area contributed by atoms with Crippen LogP contribution in [0.1, 0.15) is 70.8 Å². The summed E-state index contributed by atoms with van der Waals surface area (Å²) < 4.78 is 7.05. The number of nitrogens with zero attached hydrogens (tertiary/aromatic N) is 6. The van der Waals surface area contributed by atoms with E-state index < -0.39 is 0 Å². The number of piperidine rings is 1. The monoisotopic (exact) mass is 366 g/mol. The first-order valence-electron chi connectivity index (χ1n) is 9.56. The molecule has 1 aliphatic heterocycles. The Labute approximate surface area is 156 Å². The first-order valence-corrected chi connectivity index (χ1v) is 9.56. The molecule has 0 aromatic carbocycles. The number of carbonyl (C=O) groups excluding carboxylic acids is 1. The number of aryl methyl sites for hydroxylation is 2. The molecule has 8 heteroatoms. The summed E-state index contributed by atoms with van der Waals surface area (Å²) in [6, 6.07) is 4.07. The van der Waals surface area contributed by atoms with Crippen molar-refractivity contribution < 1.29 is 9.32 Å². The molecule has 1 saturated heterocycles. The summed E-state index contributed by atoms with van der Waals surface area (Å²) in [4.78, 5) is 14.7. The van der Waals surface area contributed by atoms with E-state index in [1.165, 1.54) is 12.8 Å². The van der Waals surface area contributed by atoms with E-state index >= 15 is 0 Å². The summed E-state index contributed by atoms with van der Waals surface area (Å²) in [7, 11) is 0. The number of fused-ring (bicyclic) bond motifs is 1. The predicted octanol–water partition coefficient (Wildman–Crippen LogP) is 2.63. The number of aromatic nitrogens is 5. The van der Waals surface area contributed by atoms with Crippen LogP contribution in [0.5, 0.6) is 0 Å². The topological polar surface area (TPSA) is 89.4 Å². The van der Waals surface area contributed by atoms with Gasteiger partial charge < -0.3 is 9.42 Å². The van der Waals surface area contributed by atoms with Crippen LogP contribution in [0.4, 0.5) is 0 Å². The second-order valence-electron chi connectivity index (χ2n) is 7.63. The summed E-state index contributed by atoms with van der Waals surface area (Å²) in [5.74, 6) is 2.36. The van der Waals surface area contributed by atoms with Crippen molar-refractivity contribution in [1.82, 2.24) is 29.9 Å². The zero-order chi connectivity index (χ0) is 18.5. The van der Waals surface area contributed by atoms with Gasteiger partial charge in [0.2, 0.25) is 0 Å². The Bertz CT molecular complexity index is 991. The number of hydrogen-bond acceptors (Lipinski definition) is 6. The van der Waals surface area contributed by atoms with Gasteiger partial charge in [-0.1, -0.05) is 5.16 Å². The van der Waals surface area contributed by atoms with Gasteiger partial charge in [-0.25, -0.2) is 0 Å². The van der Waals surface area contributed by atoms with Crippen molar-refractivity contribution >= 4 is 11.6 Å². The summed E-state index contributed by atoms with van der Waals surface area (Å²) >= 11 is 0. The van der Waals surface area contributed by atoms with Crippen LogP contribution >= 0.6 is 0 Å². The van der Waals surface area contributed by atoms with Gasteiger partial charge in [0.25, 0.3) is 5.91 Å². The van der Waals surface area contributed by atoms with E-state index in [-0.39, 0.29) is 11.8 Å². The molecule has 140 valence electrons. The summed E-state index contributed by atoms with van der Waals surface area (Å²) in [6.45, 7) is 4.96. The van der Waals surface area contributed by atoms with Crippen LogP contribution in [0, 0.1) is 13.8 Å². The van der Waals surface area contributed by atoms with Crippen molar-refractivity contribution in [3.8, 4) is 0 Å². The van der Waals surface area contributed by atoms with E-state index in [0.29, 0.717) is 36.0 Å². The van der Waals surface area contributed by atoms with Crippen LogP contribution in [-0.2, 0) is 0 Å². The molecule has 5 rings (SSSR count).